The first-order chi connectivity index (χ1) is 12.0. The second kappa shape index (κ2) is 8.75. The van der Waals surface area contributed by atoms with Crippen molar-refractivity contribution in [3.63, 3.8) is 0 Å². The number of carbonyl (C=O) groups is 1. The standard InChI is InChI=1S/C18H17ClN2O4/c1-3-7-25-17-15(19)8-12(9-16(17)24-2)11-20-21-14-6-4-5-13(10-14)18(22)23/h3-6,8-11,21H,1,7H2,2H3,(H,22,23)/b20-11-. The van der Waals surface area contributed by atoms with Gasteiger partial charge in [0.15, 0.2) is 11.5 Å². The van der Waals surface area contributed by atoms with Crippen LogP contribution in [0.15, 0.2) is 54.2 Å². The average molecular weight is 361 g/mol. The maximum Gasteiger partial charge on any atom is 0.335 e. The Kier molecular flexibility index (Phi) is 6.42. The van der Waals surface area contributed by atoms with E-state index in [-0.39, 0.29) is 5.56 Å². The van der Waals surface area contributed by atoms with Crippen molar-refractivity contribution in [1.82, 2.24) is 0 Å². The van der Waals surface area contributed by atoms with Crippen molar-refractivity contribution >= 4 is 29.5 Å². The van der Waals surface area contributed by atoms with E-state index in [1.54, 1.807) is 36.6 Å². The van der Waals surface area contributed by atoms with E-state index in [0.717, 1.165) is 0 Å². The summed E-state index contributed by atoms with van der Waals surface area (Å²) in [4.78, 5) is 11.0. The molecule has 7 heteroatoms. The Balaban J connectivity index is 2.15. The van der Waals surface area contributed by atoms with E-state index in [4.69, 9.17) is 26.2 Å². The van der Waals surface area contributed by atoms with Crippen molar-refractivity contribution in [2.45, 2.75) is 0 Å². The molecule has 0 spiro atoms. The second-order valence-corrected chi connectivity index (χ2v) is 5.30. The lowest BCUT2D eigenvalue weighted by Gasteiger charge is -2.11. The van der Waals surface area contributed by atoms with Gasteiger partial charge in [0.2, 0.25) is 0 Å². The van der Waals surface area contributed by atoms with Crippen LogP contribution < -0.4 is 14.9 Å². The highest BCUT2D eigenvalue weighted by molar-refractivity contribution is 6.32. The number of methoxy groups -OCH3 is 1. The molecule has 130 valence electrons. The summed E-state index contributed by atoms with van der Waals surface area (Å²) in [6, 6.07) is 9.74. The predicted molar refractivity (Wildman–Crippen MR) is 98.3 cm³/mol. The van der Waals surface area contributed by atoms with Gasteiger partial charge < -0.3 is 14.6 Å². The fourth-order valence-corrected chi connectivity index (χ4v) is 2.27. The van der Waals surface area contributed by atoms with Crippen molar-refractivity contribution in [3.8, 4) is 11.5 Å². The van der Waals surface area contributed by atoms with E-state index < -0.39 is 5.97 Å². The highest BCUT2D eigenvalue weighted by atomic mass is 35.5. The number of ether oxygens (including phenoxy) is 2. The first kappa shape index (κ1) is 18.4. The average Bonchev–Trinajstić information content (AvgIpc) is 2.60. The zero-order valence-corrected chi connectivity index (χ0v) is 14.3. The molecule has 0 bridgehead atoms. The third-order valence-corrected chi connectivity index (χ3v) is 3.39. The monoisotopic (exact) mass is 360 g/mol. The summed E-state index contributed by atoms with van der Waals surface area (Å²) < 4.78 is 10.8. The van der Waals surface area contributed by atoms with Crippen molar-refractivity contribution in [1.29, 1.82) is 0 Å². The molecule has 0 saturated carbocycles. The molecule has 0 aromatic heterocycles. The Hall–Kier alpha value is -2.99. The fourth-order valence-electron chi connectivity index (χ4n) is 2.00. The topological polar surface area (TPSA) is 80.2 Å². The highest BCUT2D eigenvalue weighted by Crippen LogP contribution is 2.36. The lowest BCUT2D eigenvalue weighted by atomic mass is 10.2. The van der Waals surface area contributed by atoms with Crippen LogP contribution >= 0.6 is 11.6 Å². The van der Waals surface area contributed by atoms with Crippen molar-refractivity contribution in [2.24, 2.45) is 5.10 Å². The molecule has 0 unspecified atom stereocenters. The Bertz CT molecular complexity index is 806. The molecule has 0 radical (unpaired) electrons. The number of rotatable bonds is 8. The fraction of sp³-hybridized carbons (Fsp3) is 0.111. The van der Waals surface area contributed by atoms with E-state index in [0.29, 0.717) is 34.4 Å². The minimum absolute atomic E-state index is 0.175. The largest absolute Gasteiger partial charge is 0.493 e. The van der Waals surface area contributed by atoms with Crippen LogP contribution in [0.1, 0.15) is 15.9 Å². The zero-order chi connectivity index (χ0) is 18.2. The van der Waals surface area contributed by atoms with Crippen LogP contribution in [0.3, 0.4) is 0 Å². The van der Waals surface area contributed by atoms with Crippen LogP contribution in [0.2, 0.25) is 5.02 Å². The maximum atomic E-state index is 11.0. The molecule has 0 aliphatic rings. The van der Waals surface area contributed by atoms with E-state index in [2.05, 4.69) is 17.1 Å². The number of nitrogens with zero attached hydrogens (tertiary/aromatic N) is 1. The smallest absolute Gasteiger partial charge is 0.335 e. The molecule has 2 aromatic carbocycles. The van der Waals surface area contributed by atoms with Crippen molar-refractivity contribution in [3.05, 3.63) is 65.2 Å². The van der Waals surface area contributed by atoms with E-state index in [9.17, 15) is 4.79 Å². The minimum Gasteiger partial charge on any atom is -0.493 e. The number of hydrogen-bond donors (Lipinski definition) is 2. The molecule has 0 heterocycles. The van der Waals surface area contributed by atoms with Crippen LogP contribution in [0.5, 0.6) is 11.5 Å². The van der Waals surface area contributed by atoms with Gasteiger partial charge in [0.1, 0.15) is 6.61 Å². The molecule has 2 aromatic rings. The summed E-state index contributed by atoms with van der Waals surface area (Å²) in [5.41, 5.74) is 4.19. The number of nitrogens with one attached hydrogen (secondary N) is 1. The first-order valence-electron chi connectivity index (χ1n) is 7.28. The number of hydrogen-bond acceptors (Lipinski definition) is 5. The molecule has 25 heavy (non-hydrogen) atoms. The molecule has 0 saturated heterocycles. The van der Waals surface area contributed by atoms with E-state index >= 15 is 0 Å². The van der Waals surface area contributed by atoms with Gasteiger partial charge in [0.25, 0.3) is 0 Å². The number of halogens is 1. The van der Waals surface area contributed by atoms with Gasteiger partial charge in [0.05, 0.1) is 29.6 Å². The number of carboxylic acids is 1. The predicted octanol–water partition coefficient (Wildman–Crippen LogP) is 4.06. The van der Waals surface area contributed by atoms with Crippen LogP contribution in [0.4, 0.5) is 5.69 Å². The molecular formula is C18H17ClN2O4. The third kappa shape index (κ3) is 4.99. The van der Waals surface area contributed by atoms with Gasteiger partial charge in [-0.1, -0.05) is 30.3 Å². The lowest BCUT2D eigenvalue weighted by Crippen LogP contribution is -1.99. The van der Waals surface area contributed by atoms with E-state index in [1.165, 1.54) is 19.2 Å². The quantitative estimate of drug-likeness (QED) is 0.421. The summed E-state index contributed by atoms with van der Waals surface area (Å²) in [6.45, 7) is 3.90. The summed E-state index contributed by atoms with van der Waals surface area (Å²) in [7, 11) is 1.52. The van der Waals surface area contributed by atoms with Gasteiger partial charge in [-0.05, 0) is 35.9 Å². The molecule has 0 amide bonds. The summed E-state index contributed by atoms with van der Waals surface area (Å²) in [6.07, 6.45) is 3.15. The van der Waals surface area contributed by atoms with Gasteiger partial charge in [-0.25, -0.2) is 4.79 Å². The van der Waals surface area contributed by atoms with Crippen molar-refractivity contribution < 1.29 is 19.4 Å². The normalized spacial score (nSPS) is 10.5. The minimum atomic E-state index is -1.00. The maximum absolute atomic E-state index is 11.0. The van der Waals surface area contributed by atoms with Crippen LogP contribution in [-0.4, -0.2) is 31.0 Å². The Morgan fingerprint density at radius 2 is 2.20 bits per heavy atom. The number of hydrazone groups is 1. The number of anilines is 1. The lowest BCUT2D eigenvalue weighted by molar-refractivity contribution is 0.0697. The molecule has 0 fully saturated rings. The van der Waals surface area contributed by atoms with Gasteiger partial charge in [-0.3, -0.25) is 5.43 Å². The molecule has 2 N–H and O–H groups in total. The molecule has 0 aliphatic heterocycles. The Morgan fingerprint density at radius 3 is 2.88 bits per heavy atom. The first-order valence-corrected chi connectivity index (χ1v) is 7.66. The van der Waals surface area contributed by atoms with Crippen LogP contribution in [0.25, 0.3) is 0 Å². The Morgan fingerprint density at radius 1 is 1.40 bits per heavy atom. The summed E-state index contributed by atoms with van der Waals surface area (Å²) in [5.74, 6) is -0.0914. The number of carboxylic acid groups (broad SMARTS) is 1. The molecule has 2 rings (SSSR count). The molecule has 0 aliphatic carbocycles. The van der Waals surface area contributed by atoms with Gasteiger partial charge in [0, 0.05) is 0 Å². The number of aromatic carboxylic acids is 1. The number of benzene rings is 2. The van der Waals surface area contributed by atoms with E-state index in [1.807, 2.05) is 0 Å². The third-order valence-electron chi connectivity index (χ3n) is 3.11. The molecule has 0 atom stereocenters. The van der Waals surface area contributed by atoms with Gasteiger partial charge in [-0.2, -0.15) is 5.10 Å². The summed E-state index contributed by atoms with van der Waals surface area (Å²) >= 11 is 6.21. The molecule has 6 nitrogen and oxygen atoms in total. The second-order valence-electron chi connectivity index (χ2n) is 4.89. The van der Waals surface area contributed by atoms with Crippen molar-refractivity contribution in [2.75, 3.05) is 19.1 Å². The van der Waals surface area contributed by atoms with Crippen LogP contribution in [0, 0.1) is 0 Å². The van der Waals surface area contributed by atoms with Gasteiger partial charge >= 0.3 is 5.97 Å². The Labute approximate surface area is 150 Å². The molecular weight excluding hydrogens is 344 g/mol. The highest BCUT2D eigenvalue weighted by Gasteiger charge is 2.11. The SMILES string of the molecule is C=CCOc1c(Cl)cc(/C=N\Nc2cccc(C(=O)O)c2)cc1OC. The van der Waals surface area contributed by atoms with Gasteiger partial charge in [-0.15, -0.1) is 0 Å². The van der Waals surface area contributed by atoms with Crippen LogP contribution in [-0.2, 0) is 0 Å². The zero-order valence-electron chi connectivity index (χ0n) is 13.5. The summed E-state index contributed by atoms with van der Waals surface area (Å²) in [5, 5.41) is 13.4.